The SMILES string of the molecule is CSCCC(NC(=O)c1ccccc1Br)C(=O)N(C)Cc1c(F)cccc1Cl. The van der Waals surface area contributed by atoms with Crippen LogP contribution in [0.4, 0.5) is 4.39 Å². The molecule has 2 rings (SSSR count). The number of carbonyl (C=O) groups excluding carboxylic acids is 2. The summed E-state index contributed by atoms with van der Waals surface area (Å²) in [5.41, 5.74) is 0.699. The van der Waals surface area contributed by atoms with Crippen molar-refractivity contribution in [2.75, 3.05) is 19.1 Å². The van der Waals surface area contributed by atoms with Crippen LogP contribution in [0.2, 0.25) is 5.02 Å². The standard InChI is InChI=1S/C20H21BrClFN2O2S/c1-25(12-14-16(22)8-5-9-17(14)23)20(27)18(10-11-28-2)24-19(26)13-6-3-4-7-15(13)21/h3-9,18H,10-12H2,1-2H3,(H,24,26). The maximum absolute atomic E-state index is 14.1. The number of nitrogens with zero attached hydrogens (tertiary/aromatic N) is 1. The van der Waals surface area contributed by atoms with E-state index in [-0.39, 0.29) is 28.9 Å². The number of thioether (sulfide) groups is 1. The molecule has 0 aliphatic heterocycles. The summed E-state index contributed by atoms with van der Waals surface area (Å²) in [6.07, 6.45) is 2.39. The first-order valence-corrected chi connectivity index (χ1v) is 11.1. The fourth-order valence-corrected chi connectivity index (χ4v) is 3.80. The molecule has 2 aromatic carbocycles. The van der Waals surface area contributed by atoms with Crippen molar-refractivity contribution < 1.29 is 14.0 Å². The lowest BCUT2D eigenvalue weighted by molar-refractivity contribution is -0.132. The summed E-state index contributed by atoms with van der Waals surface area (Å²) >= 11 is 11.0. The minimum Gasteiger partial charge on any atom is -0.340 e. The third-order valence-corrected chi connectivity index (χ3v) is 5.86. The van der Waals surface area contributed by atoms with Crippen LogP contribution < -0.4 is 5.32 Å². The zero-order valence-corrected chi connectivity index (χ0v) is 18.7. The van der Waals surface area contributed by atoms with Crippen LogP contribution in [0.5, 0.6) is 0 Å². The molecule has 0 heterocycles. The quantitative estimate of drug-likeness (QED) is 0.584. The maximum atomic E-state index is 14.1. The number of amides is 2. The largest absolute Gasteiger partial charge is 0.340 e. The lowest BCUT2D eigenvalue weighted by atomic mass is 10.1. The van der Waals surface area contributed by atoms with Gasteiger partial charge < -0.3 is 10.2 Å². The number of nitrogens with one attached hydrogen (secondary N) is 1. The van der Waals surface area contributed by atoms with E-state index in [1.165, 1.54) is 17.0 Å². The van der Waals surface area contributed by atoms with Gasteiger partial charge in [0.25, 0.3) is 5.91 Å². The van der Waals surface area contributed by atoms with Gasteiger partial charge in [0, 0.05) is 28.7 Å². The maximum Gasteiger partial charge on any atom is 0.253 e. The van der Waals surface area contributed by atoms with Crippen LogP contribution >= 0.6 is 39.3 Å². The van der Waals surface area contributed by atoms with E-state index in [9.17, 15) is 14.0 Å². The molecule has 0 aromatic heterocycles. The topological polar surface area (TPSA) is 49.4 Å². The molecule has 0 aliphatic rings. The zero-order valence-electron chi connectivity index (χ0n) is 15.5. The van der Waals surface area contributed by atoms with Crippen molar-refractivity contribution in [1.82, 2.24) is 10.2 Å². The highest BCUT2D eigenvalue weighted by atomic mass is 79.9. The average Bonchev–Trinajstić information content (AvgIpc) is 2.67. The van der Waals surface area contributed by atoms with E-state index in [2.05, 4.69) is 21.2 Å². The molecule has 0 radical (unpaired) electrons. The van der Waals surface area contributed by atoms with Gasteiger partial charge in [-0.1, -0.05) is 29.8 Å². The van der Waals surface area contributed by atoms with Crippen LogP contribution in [-0.2, 0) is 11.3 Å². The molecule has 0 saturated heterocycles. The van der Waals surface area contributed by atoms with Crippen LogP contribution in [-0.4, -0.2) is 41.8 Å². The minimum atomic E-state index is -0.720. The monoisotopic (exact) mass is 486 g/mol. The molecule has 8 heteroatoms. The second-order valence-corrected chi connectivity index (χ2v) is 8.43. The van der Waals surface area contributed by atoms with Crippen molar-refractivity contribution in [3.63, 3.8) is 0 Å². The van der Waals surface area contributed by atoms with E-state index in [0.29, 0.717) is 22.2 Å². The predicted octanol–water partition coefficient (Wildman–Crippen LogP) is 4.75. The van der Waals surface area contributed by atoms with Gasteiger partial charge in [0.2, 0.25) is 5.91 Å². The first kappa shape index (κ1) is 22.7. The van der Waals surface area contributed by atoms with Gasteiger partial charge in [0.1, 0.15) is 11.9 Å². The summed E-state index contributed by atoms with van der Waals surface area (Å²) in [6, 6.07) is 10.7. The molecule has 0 aliphatic carbocycles. The highest BCUT2D eigenvalue weighted by Crippen LogP contribution is 2.21. The molecule has 0 spiro atoms. The lowest BCUT2D eigenvalue weighted by Crippen LogP contribution is -2.47. The van der Waals surface area contributed by atoms with E-state index in [1.807, 2.05) is 12.3 Å². The molecular weight excluding hydrogens is 467 g/mol. The molecule has 28 heavy (non-hydrogen) atoms. The van der Waals surface area contributed by atoms with Gasteiger partial charge >= 0.3 is 0 Å². The Morgan fingerprint density at radius 3 is 2.61 bits per heavy atom. The molecule has 4 nitrogen and oxygen atoms in total. The normalized spacial score (nSPS) is 11.8. The number of hydrogen-bond acceptors (Lipinski definition) is 3. The van der Waals surface area contributed by atoms with Gasteiger partial charge in [-0.15, -0.1) is 0 Å². The smallest absolute Gasteiger partial charge is 0.253 e. The highest BCUT2D eigenvalue weighted by molar-refractivity contribution is 9.10. The Labute approximate surface area is 182 Å². The molecule has 1 atom stereocenters. The van der Waals surface area contributed by atoms with E-state index in [0.717, 1.165) is 0 Å². The van der Waals surface area contributed by atoms with Crippen molar-refractivity contribution in [2.24, 2.45) is 0 Å². The van der Waals surface area contributed by atoms with Crippen molar-refractivity contribution in [3.05, 3.63) is 68.9 Å². The number of halogens is 3. The van der Waals surface area contributed by atoms with Crippen molar-refractivity contribution >= 4 is 51.1 Å². The Morgan fingerprint density at radius 2 is 1.96 bits per heavy atom. The van der Waals surface area contributed by atoms with Gasteiger partial charge in [-0.25, -0.2) is 4.39 Å². The summed E-state index contributed by atoms with van der Waals surface area (Å²) in [7, 11) is 1.57. The van der Waals surface area contributed by atoms with Gasteiger partial charge in [-0.3, -0.25) is 9.59 Å². The summed E-state index contributed by atoms with van der Waals surface area (Å²) in [5.74, 6) is -0.413. The average molecular weight is 488 g/mol. The van der Waals surface area contributed by atoms with Gasteiger partial charge in [-0.05, 0) is 58.6 Å². The van der Waals surface area contributed by atoms with Crippen LogP contribution in [0.15, 0.2) is 46.9 Å². The number of carbonyl (C=O) groups is 2. The Balaban J connectivity index is 2.15. The number of likely N-dealkylation sites (N-methyl/N-ethyl adjacent to an activating group) is 1. The van der Waals surface area contributed by atoms with E-state index in [4.69, 9.17) is 11.6 Å². The second-order valence-electron chi connectivity index (χ2n) is 6.18. The zero-order chi connectivity index (χ0) is 20.7. The molecule has 2 aromatic rings. The molecule has 1 unspecified atom stereocenters. The fourth-order valence-electron chi connectivity index (χ4n) is 2.64. The molecule has 0 saturated carbocycles. The van der Waals surface area contributed by atoms with Crippen molar-refractivity contribution in [2.45, 2.75) is 19.0 Å². The Morgan fingerprint density at radius 1 is 1.25 bits per heavy atom. The summed E-state index contributed by atoms with van der Waals surface area (Å²) < 4.78 is 14.7. The van der Waals surface area contributed by atoms with Crippen LogP contribution in [0.3, 0.4) is 0 Å². The van der Waals surface area contributed by atoms with Gasteiger partial charge in [0.05, 0.1) is 5.56 Å². The number of hydrogen-bond donors (Lipinski definition) is 1. The van der Waals surface area contributed by atoms with Crippen LogP contribution in [0.25, 0.3) is 0 Å². The highest BCUT2D eigenvalue weighted by Gasteiger charge is 2.25. The molecule has 150 valence electrons. The first-order valence-electron chi connectivity index (χ1n) is 8.57. The third-order valence-electron chi connectivity index (χ3n) is 4.17. The fraction of sp³-hybridized carbons (Fsp3) is 0.300. The Hall–Kier alpha value is -1.57. The molecule has 0 bridgehead atoms. The molecular formula is C20H21BrClFN2O2S. The Bertz CT molecular complexity index is 832. The van der Waals surface area contributed by atoms with Crippen LogP contribution in [0, 0.1) is 5.82 Å². The molecule has 0 fully saturated rings. The van der Waals surface area contributed by atoms with E-state index < -0.39 is 11.9 Å². The van der Waals surface area contributed by atoms with E-state index >= 15 is 0 Å². The summed E-state index contributed by atoms with van der Waals surface area (Å²) in [5, 5.41) is 3.07. The minimum absolute atomic E-state index is 0.0189. The number of benzene rings is 2. The lowest BCUT2D eigenvalue weighted by Gasteiger charge is -2.25. The predicted molar refractivity (Wildman–Crippen MR) is 116 cm³/mol. The number of rotatable bonds is 8. The molecule has 2 amide bonds. The van der Waals surface area contributed by atoms with Gasteiger partial charge in [0.15, 0.2) is 0 Å². The Kier molecular flexibility index (Phi) is 8.79. The van der Waals surface area contributed by atoms with E-state index in [1.54, 1.807) is 43.1 Å². The van der Waals surface area contributed by atoms with Crippen molar-refractivity contribution in [1.29, 1.82) is 0 Å². The van der Waals surface area contributed by atoms with Crippen LogP contribution in [0.1, 0.15) is 22.3 Å². The second kappa shape index (κ2) is 10.8. The summed E-state index contributed by atoms with van der Waals surface area (Å²) in [4.78, 5) is 27.0. The summed E-state index contributed by atoms with van der Waals surface area (Å²) in [6.45, 7) is 0.0189. The molecule has 1 N–H and O–H groups in total. The third kappa shape index (κ3) is 5.96. The van der Waals surface area contributed by atoms with Crippen molar-refractivity contribution in [3.8, 4) is 0 Å². The first-order chi connectivity index (χ1) is 13.3. The van der Waals surface area contributed by atoms with Gasteiger partial charge in [-0.2, -0.15) is 11.8 Å².